The lowest BCUT2D eigenvalue weighted by Crippen LogP contribution is -2.33. The Bertz CT molecular complexity index is 603. The normalized spacial score (nSPS) is 12.1. The van der Waals surface area contributed by atoms with Crippen molar-refractivity contribution < 1.29 is 12.8 Å². The highest BCUT2D eigenvalue weighted by Gasteiger charge is 2.22. The molecule has 0 spiro atoms. The molecule has 1 rings (SSSR count). The van der Waals surface area contributed by atoms with Gasteiger partial charge in [0.15, 0.2) is 0 Å². The molecule has 0 aliphatic heterocycles. The molecular weight excluding hydrogens is 301 g/mol. The van der Waals surface area contributed by atoms with E-state index in [0.29, 0.717) is 13.1 Å². The van der Waals surface area contributed by atoms with E-state index in [2.05, 4.69) is 0 Å². The predicted octanol–water partition coefficient (Wildman–Crippen LogP) is 0.642. The summed E-state index contributed by atoms with van der Waals surface area (Å²) in [5.74, 6) is -0.632. The van der Waals surface area contributed by atoms with Gasteiger partial charge in [-0.2, -0.15) is 4.31 Å². The van der Waals surface area contributed by atoms with Crippen molar-refractivity contribution in [2.24, 2.45) is 5.73 Å². The second kappa shape index (κ2) is 6.57. The second-order valence-corrected chi connectivity index (χ2v) is 7.12. The standard InChI is InChI=1S/C12H18FN3O2S2/c1-15(2)6-7-16(3)20(17,18)9-4-5-11(13)10(8-9)12(14)19/h4-5,8H,6-7H2,1-3H3,(H2,14,19). The van der Waals surface area contributed by atoms with Crippen LogP contribution in [0.15, 0.2) is 23.1 Å². The highest BCUT2D eigenvalue weighted by atomic mass is 32.2. The molecule has 0 bridgehead atoms. The van der Waals surface area contributed by atoms with E-state index < -0.39 is 15.8 Å². The molecule has 8 heteroatoms. The van der Waals surface area contributed by atoms with Gasteiger partial charge in [0.2, 0.25) is 10.0 Å². The first-order valence-electron chi connectivity index (χ1n) is 5.86. The van der Waals surface area contributed by atoms with Crippen LogP contribution in [0.4, 0.5) is 4.39 Å². The molecular formula is C12H18FN3O2S2. The van der Waals surface area contributed by atoms with Crippen molar-refractivity contribution in [3.8, 4) is 0 Å². The van der Waals surface area contributed by atoms with Crippen LogP contribution in [0.3, 0.4) is 0 Å². The minimum Gasteiger partial charge on any atom is -0.389 e. The highest BCUT2D eigenvalue weighted by Crippen LogP contribution is 2.18. The topological polar surface area (TPSA) is 66.6 Å². The fourth-order valence-corrected chi connectivity index (χ4v) is 2.84. The zero-order valence-corrected chi connectivity index (χ0v) is 13.3. The first-order chi connectivity index (χ1) is 9.16. The molecule has 0 saturated heterocycles. The van der Waals surface area contributed by atoms with Gasteiger partial charge >= 0.3 is 0 Å². The summed E-state index contributed by atoms with van der Waals surface area (Å²) >= 11 is 4.71. The van der Waals surface area contributed by atoms with Crippen LogP contribution < -0.4 is 5.73 Å². The average molecular weight is 319 g/mol. The molecule has 1 aromatic rings. The maximum Gasteiger partial charge on any atom is 0.242 e. The molecule has 0 radical (unpaired) electrons. The molecule has 0 fully saturated rings. The Balaban J connectivity index is 3.09. The van der Waals surface area contributed by atoms with E-state index in [1.807, 2.05) is 19.0 Å². The number of halogens is 1. The van der Waals surface area contributed by atoms with Crippen molar-refractivity contribution in [1.82, 2.24) is 9.21 Å². The van der Waals surface area contributed by atoms with Gasteiger partial charge in [0.25, 0.3) is 0 Å². The van der Waals surface area contributed by atoms with Gasteiger partial charge in [-0.1, -0.05) is 12.2 Å². The second-order valence-electron chi connectivity index (χ2n) is 4.64. The fraction of sp³-hybridized carbons (Fsp3) is 0.417. The summed E-state index contributed by atoms with van der Waals surface area (Å²) in [6, 6.07) is 3.43. The monoisotopic (exact) mass is 319 g/mol. The van der Waals surface area contributed by atoms with Gasteiger partial charge in [-0.05, 0) is 32.3 Å². The van der Waals surface area contributed by atoms with E-state index in [4.69, 9.17) is 18.0 Å². The lowest BCUT2D eigenvalue weighted by atomic mass is 10.2. The van der Waals surface area contributed by atoms with Crippen LogP contribution in [-0.4, -0.2) is 56.8 Å². The molecule has 0 amide bonds. The van der Waals surface area contributed by atoms with Crippen molar-refractivity contribution >= 4 is 27.2 Å². The van der Waals surface area contributed by atoms with E-state index in [-0.39, 0.29) is 15.4 Å². The SMILES string of the molecule is CN(C)CCN(C)S(=O)(=O)c1ccc(F)c(C(N)=S)c1. The number of likely N-dealkylation sites (N-methyl/N-ethyl adjacent to an activating group) is 2. The number of hydrogen-bond acceptors (Lipinski definition) is 4. The minimum absolute atomic E-state index is 0.0250. The number of hydrogen-bond donors (Lipinski definition) is 1. The molecule has 5 nitrogen and oxygen atoms in total. The Morgan fingerprint density at radius 1 is 1.30 bits per heavy atom. The molecule has 0 aromatic heterocycles. The largest absolute Gasteiger partial charge is 0.389 e. The van der Waals surface area contributed by atoms with Gasteiger partial charge in [0.1, 0.15) is 10.8 Å². The third-order valence-electron chi connectivity index (χ3n) is 2.77. The predicted molar refractivity (Wildman–Crippen MR) is 80.7 cm³/mol. The molecule has 1 aromatic carbocycles. The summed E-state index contributed by atoms with van der Waals surface area (Å²) in [4.78, 5) is 1.68. The Kier molecular flexibility index (Phi) is 5.58. The minimum atomic E-state index is -3.68. The maximum absolute atomic E-state index is 13.5. The number of nitrogens with zero attached hydrogens (tertiary/aromatic N) is 2. The van der Waals surface area contributed by atoms with Crippen LogP contribution in [0, 0.1) is 5.82 Å². The average Bonchev–Trinajstić information content (AvgIpc) is 2.35. The van der Waals surface area contributed by atoms with E-state index in [1.165, 1.54) is 23.5 Å². The summed E-state index contributed by atoms with van der Waals surface area (Å²) < 4.78 is 39.4. The Hall–Kier alpha value is -1.09. The fourth-order valence-electron chi connectivity index (χ4n) is 1.49. The van der Waals surface area contributed by atoms with E-state index >= 15 is 0 Å². The van der Waals surface area contributed by atoms with Crippen molar-refractivity contribution in [2.45, 2.75) is 4.90 Å². The Morgan fingerprint density at radius 3 is 2.40 bits per heavy atom. The van der Waals surface area contributed by atoms with Gasteiger partial charge in [-0.15, -0.1) is 0 Å². The van der Waals surface area contributed by atoms with Crippen molar-refractivity contribution in [3.63, 3.8) is 0 Å². The molecule has 0 heterocycles. The van der Waals surface area contributed by atoms with Crippen LogP contribution in [0.5, 0.6) is 0 Å². The number of rotatable bonds is 6. The van der Waals surface area contributed by atoms with E-state index in [0.717, 1.165) is 6.07 Å². The van der Waals surface area contributed by atoms with Crippen molar-refractivity contribution in [3.05, 3.63) is 29.6 Å². The lowest BCUT2D eigenvalue weighted by Gasteiger charge is -2.19. The van der Waals surface area contributed by atoms with Gasteiger partial charge in [0.05, 0.1) is 4.90 Å². The van der Waals surface area contributed by atoms with Gasteiger partial charge < -0.3 is 10.6 Å². The molecule has 0 aliphatic carbocycles. The summed E-state index contributed by atoms with van der Waals surface area (Å²) in [5.41, 5.74) is 5.31. The van der Waals surface area contributed by atoms with Crippen LogP contribution in [0.1, 0.15) is 5.56 Å². The summed E-state index contributed by atoms with van der Waals surface area (Å²) in [6.07, 6.45) is 0. The number of sulfonamides is 1. The Labute approximate surface area is 124 Å². The maximum atomic E-state index is 13.5. The number of thiocarbonyl (C=S) groups is 1. The first kappa shape index (κ1) is 17.0. The summed E-state index contributed by atoms with van der Waals surface area (Å²) in [7, 11) is 1.49. The van der Waals surface area contributed by atoms with Crippen LogP contribution in [-0.2, 0) is 10.0 Å². The molecule has 0 aliphatic rings. The molecule has 2 N–H and O–H groups in total. The quantitative estimate of drug-likeness (QED) is 0.780. The highest BCUT2D eigenvalue weighted by molar-refractivity contribution is 7.89. The van der Waals surface area contributed by atoms with Crippen molar-refractivity contribution in [1.29, 1.82) is 0 Å². The zero-order valence-electron chi connectivity index (χ0n) is 11.6. The number of nitrogens with two attached hydrogens (primary N) is 1. The smallest absolute Gasteiger partial charge is 0.242 e. The summed E-state index contributed by atoms with van der Waals surface area (Å²) in [6.45, 7) is 0.911. The Morgan fingerprint density at radius 2 is 1.90 bits per heavy atom. The zero-order chi connectivity index (χ0) is 15.5. The van der Waals surface area contributed by atoms with Crippen LogP contribution >= 0.6 is 12.2 Å². The van der Waals surface area contributed by atoms with Gasteiger partial charge in [0, 0.05) is 25.7 Å². The van der Waals surface area contributed by atoms with Gasteiger partial charge in [-0.3, -0.25) is 0 Å². The molecule has 0 saturated carbocycles. The first-order valence-corrected chi connectivity index (χ1v) is 7.71. The van der Waals surface area contributed by atoms with E-state index in [9.17, 15) is 12.8 Å². The van der Waals surface area contributed by atoms with Crippen LogP contribution in [0.25, 0.3) is 0 Å². The van der Waals surface area contributed by atoms with E-state index in [1.54, 1.807) is 0 Å². The molecule has 20 heavy (non-hydrogen) atoms. The number of benzene rings is 1. The third kappa shape index (κ3) is 3.95. The van der Waals surface area contributed by atoms with Gasteiger partial charge in [-0.25, -0.2) is 12.8 Å². The lowest BCUT2D eigenvalue weighted by molar-refractivity contribution is 0.358. The molecule has 0 unspecified atom stereocenters. The van der Waals surface area contributed by atoms with Crippen LogP contribution in [0.2, 0.25) is 0 Å². The molecule has 0 atom stereocenters. The summed E-state index contributed by atoms with van der Waals surface area (Å²) in [5, 5.41) is 0. The third-order valence-corrected chi connectivity index (χ3v) is 4.85. The van der Waals surface area contributed by atoms with Crippen molar-refractivity contribution in [2.75, 3.05) is 34.2 Å². The molecule has 112 valence electrons.